The van der Waals surface area contributed by atoms with E-state index in [1.165, 1.54) is 16.8 Å². The first kappa shape index (κ1) is 28.3. The van der Waals surface area contributed by atoms with Crippen molar-refractivity contribution >= 4 is 35.2 Å². The van der Waals surface area contributed by atoms with Gasteiger partial charge in [0.15, 0.2) is 6.61 Å². The molecule has 0 N–H and O–H groups in total. The predicted octanol–water partition coefficient (Wildman–Crippen LogP) is 5.02. The quantitative estimate of drug-likeness (QED) is 0.262. The number of amides is 1. The number of hydrogen-bond acceptors (Lipinski definition) is 7. The molecule has 1 amide bonds. The Labute approximate surface area is 224 Å². The van der Waals surface area contributed by atoms with E-state index in [1.54, 1.807) is 0 Å². The van der Waals surface area contributed by atoms with Crippen LogP contribution in [0.4, 0.5) is 5.69 Å². The number of esters is 1. The van der Waals surface area contributed by atoms with Gasteiger partial charge in [0.1, 0.15) is 10.3 Å². The highest BCUT2D eigenvalue weighted by atomic mass is 32.2. The second kappa shape index (κ2) is 11.8. The Bertz CT molecular complexity index is 1190. The van der Waals surface area contributed by atoms with Gasteiger partial charge < -0.3 is 9.47 Å². The summed E-state index contributed by atoms with van der Waals surface area (Å²) in [6.45, 7) is 12.6. The average Bonchev–Trinajstić information content (AvgIpc) is 2.80. The van der Waals surface area contributed by atoms with Crippen LogP contribution in [-0.2, 0) is 25.6 Å². The zero-order valence-electron chi connectivity index (χ0n) is 22.4. The van der Waals surface area contributed by atoms with Crippen molar-refractivity contribution < 1.29 is 19.1 Å². The third kappa shape index (κ3) is 8.38. The van der Waals surface area contributed by atoms with Crippen LogP contribution in [0.3, 0.4) is 0 Å². The normalized spacial score (nSPS) is 14.2. The molecule has 7 nitrogen and oxygen atoms in total. The molecule has 0 saturated carbocycles. The van der Waals surface area contributed by atoms with Crippen LogP contribution in [0, 0.1) is 19.3 Å². The van der Waals surface area contributed by atoms with Crippen molar-refractivity contribution in [3.8, 4) is 12.3 Å². The molecule has 0 unspecified atom stereocenters. The molecule has 8 heteroatoms. The topological polar surface area (TPSA) is 71.4 Å². The van der Waals surface area contributed by atoms with Gasteiger partial charge in [-0.05, 0) is 76.9 Å². The first-order valence-electron chi connectivity index (χ1n) is 12.1. The number of aryl methyl sites for hydroxylation is 1. The predicted molar refractivity (Wildman–Crippen MR) is 148 cm³/mol. The van der Waals surface area contributed by atoms with Crippen LogP contribution in [0.2, 0.25) is 0 Å². The summed E-state index contributed by atoms with van der Waals surface area (Å²) in [5, 5.41) is 5.84. The Morgan fingerprint density at radius 1 is 1.16 bits per heavy atom. The van der Waals surface area contributed by atoms with E-state index in [0.717, 1.165) is 16.0 Å². The van der Waals surface area contributed by atoms with Gasteiger partial charge in [0.2, 0.25) is 5.90 Å². The van der Waals surface area contributed by atoms with Gasteiger partial charge in [0.05, 0.1) is 18.8 Å². The van der Waals surface area contributed by atoms with Crippen LogP contribution in [0.1, 0.15) is 45.7 Å². The third-order valence-corrected chi connectivity index (χ3v) is 6.51. The Hall–Kier alpha value is -3.28. The first-order valence-corrected chi connectivity index (χ1v) is 12.9. The summed E-state index contributed by atoms with van der Waals surface area (Å²) in [6, 6.07) is 15.6. The number of rotatable bonds is 9. The molecule has 1 heterocycles. The summed E-state index contributed by atoms with van der Waals surface area (Å²) < 4.78 is 10.5. The molecule has 2 aromatic rings. The standard InChI is InChI=1S/C29H35N3O4S/c1-8-16-31(19-25-30-32(26(33)20-35-25)23-11-9-10-21(2)17-23)18-22-12-14-24(15-13-22)37-29(6,7)27(34)36-28(3,4)5/h1,9-15,17H,16,18-20H2,2-7H3. The number of benzene rings is 2. The van der Waals surface area contributed by atoms with Gasteiger partial charge in [0.25, 0.3) is 5.91 Å². The van der Waals surface area contributed by atoms with Gasteiger partial charge >= 0.3 is 5.97 Å². The van der Waals surface area contributed by atoms with Crippen molar-refractivity contribution in [2.24, 2.45) is 5.10 Å². The SMILES string of the molecule is C#CCN(CC1=NN(c2cccc(C)c2)C(=O)CO1)Cc1ccc(SC(C)(C)C(=O)OC(C)(C)C)cc1. The maximum atomic E-state index is 12.6. The van der Waals surface area contributed by atoms with Crippen LogP contribution < -0.4 is 5.01 Å². The molecular weight excluding hydrogens is 486 g/mol. The smallest absolute Gasteiger partial charge is 0.322 e. The maximum absolute atomic E-state index is 12.6. The Kier molecular flexibility index (Phi) is 9.06. The summed E-state index contributed by atoms with van der Waals surface area (Å²) in [5.41, 5.74) is 2.27. The Balaban J connectivity index is 1.67. The molecule has 0 atom stereocenters. The van der Waals surface area contributed by atoms with Crippen molar-refractivity contribution in [1.29, 1.82) is 0 Å². The third-order valence-electron chi connectivity index (χ3n) is 5.32. The van der Waals surface area contributed by atoms with Gasteiger partial charge in [-0.25, -0.2) is 0 Å². The van der Waals surface area contributed by atoms with E-state index in [0.29, 0.717) is 31.2 Å². The van der Waals surface area contributed by atoms with Crippen molar-refractivity contribution in [1.82, 2.24) is 4.90 Å². The van der Waals surface area contributed by atoms with Gasteiger partial charge in [-0.3, -0.25) is 14.5 Å². The lowest BCUT2D eigenvalue weighted by Gasteiger charge is -2.28. The lowest BCUT2D eigenvalue weighted by molar-refractivity contribution is -0.156. The van der Waals surface area contributed by atoms with E-state index in [1.807, 2.05) is 95.0 Å². The fourth-order valence-electron chi connectivity index (χ4n) is 3.59. The molecule has 37 heavy (non-hydrogen) atoms. The van der Waals surface area contributed by atoms with Gasteiger partial charge in [-0.2, -0.15) is 5.01 Å². The molecule has 0 saturated heterocycles. The van der Waals surface area contributed by atoms with Crippen molar-refractivity contribution in [2.75, 3.05) is 24.7 Å². The minimum absolute atomic E-state index is 0.0734. The van der Waals surface area contributed by atoms with Crippen LogP contribution in [-0.4, -0.2) is 52.7 Å². The van der Waals surface area contributed by atoms with Gasteiger partial charge in [0, 0.05) is 11.4 Å². The minimum Gasteiger partial charge on any atom is -0.469 e. The van der Waals surface area contributed by atoms with Crippen LogP contribution in [0.25, 0.3) is 0 Å². The fraction of sp³-hybridized carbons (Fsp3) is 0.414. The lowest BCUT2D eigenvalue weighted by Crippen LogP contribution is -2.41. The molecular formula is C29H35N3O4S. The summed E-state index contributed by atoms with van der Waals surface area (Å²) in [7, 11) is 0. The molecule has 0 spiro atoms. The van der Waals surface area contributed by atoms with E-state index >= 15 is 0 Å². The number of carbonyl (C=O) groups excluding carboxylic acids is 2. The number of ether oxygens (including phenoxy) is 2. The lowest BCUT2D eigenvalue weighted by atomic mass is 10.1. The second-order valence-electron chi connectivity index (χ2n) is 10.4. The number of hydrazone groups is 1. The van der Waals surface area contributed by atoms with Crippen LogP contribution in [0.15, 0.2) is 58.5 Å². The zero-order valence-corrected chi connectivity index (χ0v) is 23.2. The highest BCUT2D eigenvalue weighted by Gasteiger charge is 2.33. The molecule has 1 aliphatic rings. The number of carbonyl (C=O) groups is 2. The number of anilines is 1. The van der Waals surface area contributed by atoms with Crippen molar-refractivity contribution in [3.05, 3.63) is 59.7 Å². The largest absolute Gasteiger partial charge is 0.469 e. The molecule has 2 aromatic carbocycles. The summed E-state index contributed by atoms with van der Waals surface area (Å²) in [4.78, 5) is 28.0. The number of nitrogens with zero attached hydrogens (tertiary/aromatic N) is 3. The average molecular weight is 522 g/mol. The first-order chi connectivity index (χ1) is 17.4. The van der Waals surface area contributed by atoms with E-state index in [2.05, 4.69) is 11.0 Å². The molecule has 196 valence electrons. The zero-order chi connectivity index (χ0) is 27.2. The molecule has 1 aliphatic heterocycles. The van der Waals surface area contributed by atoms with E-state index in [4.69, 9.17) is 15.9 Å². The Morgan fingerprint density at radius 2 is 1.86 bits per heavy atom. The molecule has 0 aromatic heterocycles. The van der Waals surface area contributed by atoms with E-state index in [-0.39, 0.29) is 18.5 Å². The Morgan fingerprint density at radius 3 is 2.49 bits per heavy atom. The summed E-state index contributed by atoms with van der Waals surface area (Å²) in [6.07, 6.45) is 5.63. The van der Waals surface area contributed by atoms with Gasteiger partial charge in [-0.15, -0.1) is 23.3 Å². The fourth-order valence-corrected chi connectivity index (χ4v) is 4.57. The maximum Gasteiger partial charge on any atom is 0.322 e. The summed E-state index contributed by atoms with van der Waals surface area (Å²) >= 11 is 1.46. The number of thioether (sulfide) groups is 1. The number of terminal acetylenes is 1. The minimum atomic E-state index is -0.721. The van der Waals surface area contributed by atoms with Crippen molar-refractivity contribution in [3.63, 3.8) is 0 Å². The highest BCUT2D eigenvalue weighted by Crippen LogP contribution is 2.34. The van der Waals surface area contributed by atoms with Gasteiger partial charge in [-0.1, -0.05) is 30.2 Å². The molecule has 3 rings (SSSR count). The van der Waals surface area contributed by atoms with Crippen LogP contribution >= 0.6 is 11.8 Å². The van der Waals surface area contributed by atoms with Crippen LogP contribution in [0.5, 0.6) is 0 Å². The monoisotopic (exact) mass is 521 g/mol. The highest BCUT2D eigenvalue weighted by molar-refractivity contribution is 8.01. The molecule has 0 fully saturated rings. The summed E-state index contributed by atoms with van der Waals surface area (Å²) in [5.74, 6) is 2.65. The molecule has 0 radical (unpaired) electrons. The van der Waals surface area contributed by atoms with E-state index in [9.17, 15) is 9.59 Å². The molecule has 0 bridgehead atoms. The van der Waals surface area contributed by atoms with E-state index < -0.39 is 10.3 Å². The van der Waals surface area contributed by atoms with Crippen molar-refractivity contribution in [2.45, 2.75) is 63.3 Å². The molecule has 0 aliphatic carbocycles. The second-order valence-corrected chi connectivity index (χ2v) is 12.1. The number of hydrogen-bond donors (Lipinski definition) is 0.